The van der Waals surface area contributed by atoms with E-state index in [9.17, 15) is 4.79 Å². The van der Waals surface area contributed by atoms with Gasteiger partial charge in [-0.25, -0.2) is 0 Å². The van der Waals surface area contributed by atoms with Crippen LogP contribution < -0.4 is 10.6 Å². The number of amides is 1. The summed E-state index contributed by atoms with van der Waals surface area (Å²) in [5.74, 6) is 0.607. The van der Waals surface area contributed by atoms with E-state index in [1.54, 1.807) is 0 Å². The summed E-state index contributed by atoms with van der Waals surface area (Å²) in [6.45, 7) is 11.5. The Morgan fingerprint density at radius 1 is 1.32 bits per heavy atom. The third kappa shape index (κ3) is 2.39. The standard InChI is InChI=1S/C16H24N2O/c1-6-17-14(10(2)3)11-7-8-13-12(9-11)16(4,5)15(19)18-13/h7-10,14,17H,6H2,1-5H3,(H,18,19). The third-order valence-corrected chi connectivity index (χ3v) is 3.98. The third-order valence-electron chi connectivity index (χ3n) is 3.98. The average Bonchev–Trinajstić information content (AvgIpc) is 2.57. The van der Waals surface area contributed by atoms with Crippen LogP contribution in [0.2, 0.25) is 0 Å². The number of hydrogen-bond donors (Lipinski definition) is 2. The van der Waals surface area contributed by atoms with Crippen LogP contribution in [0, 0.1) is 5.92 Å². The zero-order valence-corrected chi connectivity index (χ0v) is 12.5. The SMILES string of the molecule is CCNC(c1ccc2c(c1)C(C)(C)C(=O)N2)C(C)C. The average molecular weight is 260 g/mol. The number of anilines is 1. The fourth-order valence-corrected chi connectivity index (χ4v) is 2.74. The highest BCUT2D eigenvalue weighted by molar-refractivity contribution is 6.05. The van der Waals surface area contributed by atoms with Gasteiger partial charge in [0.2, 0.25) is 5.91 Å². The Balaban J connectivity index is 2.41. The molecule has 0 bridgehead atoms. The lowest BCUT2D eigenvalue weighted by Gasteiger charge is -2.24. The molecule has 3 nitrogen and oxygen atoms in total. The van der Waals surface area contributed by atoms with E-state index in [0.717, 1.165) is 17.8 Å². The molecule has 0 saturated carbocycles. The van der Waals surface area contributed by atoms with Crippen LogP contribution in [0.25, 0.3) is 0 Å². The second-order valence-electron chi connectivity index (χ2n) is 6.16. The molecule has 0 radical (unpaired) electrons. The Hall–Kier alpha value is -1.35. The van der Waals surface area contributed by atoms with Gasteiger partial charge < -0.3 is 10.6 Å². The second kappa shape index (κ2) is 4.97. The molecule has 104 valence electrons. The predicted molar refractivity (Wildman–Crippen MR) is 79.4 cm³/mol. The largest absolute Gasteiger partial charge is 0.325 e. The highest BCUT2D eigenvalue weighted by Crippen LogP contribution is 2.39. The molecule has 1 amide bonds. The van der Waals surface area contributed by atoms with Gasteiger partial charge >= 0.3 is 0 Å². The summed E-state index contributed by atoms with van der Waals surface area (Å²) in [7, 11) is 0. The summed E-state index contributed by atoms with van der Waals surface area (Å²) in [6, 6.07) is 6.67. The number of rotatable bonds is 4. The molecular formula is C16H24N2O. The lowest BCUT2D eigenvalue weighted by Crippen LogP contribution is -2.28. The van der Waals surface area contributed by atoms with Crippen LogP contribution in [0.15, 0.2) is 18.2 Å². The summed E-state index contributed by atoms with van der Waals surface area (Å²) in [4.78, 5) is 12.0. The van der Waals surface area contributed by atoms with Crippen LogP contribution in [0.5, 0.6) is 0 Å². The van der Waals surface area contributed by atoms with E-state index >= 15 is 0 Å². The molecular weight excluding hydrogens is 236 g/mol. The maximum absolute atomic E-state index is 12.0. The molecule has 1 atom stereocenters. The molecule has 1 aliphatic heterocycles. The molecule has 0 spiro atoms. The summed E-state index contributed by atoms with van der Waals surface area (Å²) in [5, 5.41) is 6.48. The smallest absolute Gasteiger partial charge is 0.234 e. The number of fused-ring (bicyclic) bond motifs is 1. The summed E-state index contributed by atoms with van der Waals surface area (Å²) >= 11 is 0. The first kappa shape index (κ1) is 14.1. The molecule has 0 aromatic heterocycles. The van der Waals surface area contributed by atoms with E-state index in [2.05, 4.69) is 43.5 Å². The molecule has 3 heteroatoms. The molecule has 19 heavy (non-hydrogen) atoms. The summed E-state index contributed by atoms with van der Waals surface area (Å²) in [6.07, 6.45) is 0. The van der Waals surface area contributed by atoms with Crippen LogP contribution in [0.3, 0.4) is 0 Å². The molecule has 1 aromatic rings. The quantitative estimate of drug-likeness (QED) is 0.872. The number of carbonyl (C=O) groups is 1. The first-order chi connectivity index (χ1) is 8.87. The van der Waals surface area contributed by atoms with Crippen molar-refractivity contribution < 1.29 is 4.79 Å². The maximum atomic E-state index is 12.0. The van der Waals surface area contributed by atoms with Gasteiger partial charge in [-0.3, -0.25) is 4.79 Å². The van der Waals surface area contributed by atoms with E-state index in [1.807, 2.05) is 19.9 Å². The fourth-order valence-electron chi connectivity index (χ4n) is 2.74. The summed E-state index contributed by atoms with van der Waals surface area (Å²) in [5.41, 5.74) is 2.90. The lowest BCUT2D eigenvalue weighted by molar-refractivity contribution is -0.119. The van der Waals surface area contributed by atoms with Gasteiger partial charge in [-0.2, -0.15) is 0 Å². The Morgan fingerprint density at radius 2 is 2.00 bits per heavy atom. The Labute approximate surface area is 115 Å². The van der Waals surface area contributed by atoms with Crippen molar-refractivity contribution in [2.75, 3.05) is 11.9 Å². The van der Waals surface area contributed by atoms with Crippen LogP contribution >= 0.6 is 0 Å². The zero-order chi connectivity index (χ0) is 14.2. The maximum Gasteiger partial charge on any atom is 0.234 e. The number of benzene rings is 1. The van der Waals surface area contributed by atoms with E-state index in [0.29, 0.717) is 12.0 Å². The molecule has 0 fully saturated rings. The van der Waals surface area contributed by atoms with Gasteiger partial charge in [0.25, 0.3) is 0 Å². The van der Waals surface area contributed by atoms with Crippen molar-refractivity contribution in [2.45, 2.75) is 46.1 Å². The second-order valence-corrected chi connectivity index (χ2v) is 6.16. The minimum absolute atomic E-state index is 0.0872. The number of carbonyl (C=O) groups excluding carboxylic acids is 1. The monoisotopic (exact) mass is 260 g/mol. The Morgan fingerprint density at radius 3 is 2.58 bits per heavy atom. The van der Waals surface area contributed by atoms with Gasteiger partial charge in [0, 0.05) is 11.7 Å². The van der Waals surface area contributed by atoms with Crippen molar-refractivity contribution in [1.82, 2.24) is 5.32 Å². The summed E-state index contributed by atoms with van der Waals surface area (Å²) < 4.78 is 0. The van der Waals surface area contributed by atoms with Crippen LogP contribution in [0.4, 0.5) is 5.69 Å². The minimum Gasteiger partial charge on any atom is -0.325 e. The van der Waals surface area contributed by atoms with E-state index in [1.165, 1.54) is 5.56 Å². The minimum atomic E-state index is -0.431. The number of hydrogen-bond acceptors (Lipinski definition) is 2. The van der Waals surface area contributed by atoms with E-state index < -0.39 is 5.41 Å². The van der Waals surface area contributed by atoms with Crippen LogP contribution in [0.1, 0.15) is 51.8 Å². The lowest BCUT2D eigenvalue weighted by atomic mass is 9.83. The molecule has 0 aliphatic carbocycles. The van der Waals surface area contributed by atoms with Crippen LogP contribution in [-0.2, 0) is 10.2 Å². The Bertz CT molecular complexity index is 492. The Kier molecular flexibility index (Phi) is 3.68. The van der Waals surface area contributed by atoms with Gasteiger partial charge in [-0.15, -0.1) is 0 Å². The van der Waals surface area contributed by atoms with Gasteiger partial charge in [-0.05, 0) is 43.5 Å². The number of nitrogens with one attached hydrogen (secondary N) is 2. The zero-order valence-electron chi connectivity index (χ0n) is 12.5. The van der Waals surface area contributed by atoms with Crippen molar-refractivity contribution in [1.29, 1.82) is 0 Å². The predicted octanol–water partition coefficient (Wildman–Crippen LogP) is 3.22. The van der Waals surface area contributed by atoms with E-state index in [4.69, 9.17) is 0 Å². The van der Waals surface area contributed by atoms with Crippen molar-refractivity contribution in [3.63, 3.8) is 0 Å². The first-order valence-electron chi connectivity index (χ1n) is 7.07. The van der Waals surface area contributed by atoms with Crippen molar-refractivity contribution in [3.8, 4) is 0 Å². The van der Waals surface area contributed by atoms with Gasteiger partial charge in [0.15, 0.2) is 0 Å². The van der Waals surface area contributed by atoms with Gasteiger partial charge in [0.1, 0.15) is 0 Å². The molecule has 1 unspecified atom stereocenters. The fraction of sp³-hybridized carbons (Fsp3) is 0.562. The molecule has 1 heterocycles. The first-order valence-corrected chi connectivity index (χ1v) is 7.07. The highest BCUT2D eigenvalue weighted by atomic mass is 16.2. The van der Waals surface area contributed by atoms with Gasteiger partial charge in [-0.1, -0.05) is 32.9 Å². The van der Waals surface area contributed by atoms with Crippen molar-refractivity contribution in [2.24, 2.45) is 5.92 Å². The molecule has 2 rings (SSSR count). The van der Waals surface area contributed by atoms with E-state index in [-0.39, 0.29) is 5.91 Å². The van der Waals surface area contributed by atoms with Gasteiger partial charge in [0.05, 0.1) is 5.41 Å². The highest BCUT2D eigenvalue weighted by Gasteiger charge is 2.38. The molecule has 1 aromatic carbocycles. The van der Waals surface area contributed by atoms with Crippen molar-refractivity contribution >= 4 is 11.6 Å². The van der Waals surface area contributed by atoms with Crippen molar-refractivity contribution in [3.05, 3.63) is 29.3 Å². The molecule has 0 saturated heterocycles. The van der Waals surface area contributed by atoms with Crippen LogP contribution in [-0.4, -0.2) is 12.5 Å². The molecule has 2 N–H and O–H groups in total. The topological polar surface area (TPSA) is 41.1 Å². The molecule has 1 aliphatic rings. The normalized spacial score (nSPS) is 18.3.